The van der Waals surface area contributed by atoms with E-state index in [0.29, 0.717) is 5.75 Å². The Morgan fingerprint density at radius 3 is 2.60 bits per heavy atom. The van der Waals surface area contributed by atoms with Crippen molar-refractivity contribution in [2.45, 2.75) is 11.8 Å². The van der Waals surface area contributed by atoms with Crippen LogP contribution in [0.3, 0.4) is 0 Å². The molecule has 0 aromatic heterocycles. The van der Waals surface area contributed by atoms with E-state index in [2.05, 4.69) is 15.9 Å². The summed E-state index contributed by atoms with van der Waals surface area (Å²) >= 11 is 3.25. The zero-order chi connectivity index (χ0) is 11.4. The van der Waals surface area contributed by atoms with Crippen LogP contribution >= 0.6 is 15.9 Å². The SMILES string of the molecule is COc1ccccc1N(C)C(=O)C(C)Br. The van der Waals surface area contributed by atoms with Gasteiger partial charge in [0.05, 0.1) is 17.6 Å². The van der Waals surface area contributed by atoms with Gasteiger partial charge in [0.1, 0.15) is 5.75 Å². The normalized spacial score (nSPS) is 12.0. The highest BCUT2D eigenvalue weighted by Crippen LogP contribution is 2.27. The predicted octanol–water partition coefficient (Wildman–Crippen LogP) is 2.44. The number of hydrogen-bond acceptors (Lipinski definition) is 2. The number of carbonyl (C=O) groups excluding carboxylic acids is 1. The van der Waals surface area contributed by atoms with Crippen LogP contribution in [0.15, 0.2) is 24.3 Å². The summed E-state index contributed by atoms with van der Waals surface area (Å²) in [6.07, 6.45) is 0. The number of anilines is 1. The number of nitrogens with zero attached hydrogens (tertiary/aromatic N) is 1. The summed E-state index contributed by atoms with van der Waals surface area (Å²) in [5.74, 6) is 0.695. The lowest BCUT2D eigenvalue weighted by atomic mass is 10.2. The molecule has 0 aliphatic carbocycles. The Kier molecular flexibility index (Phi) is 4.15. The standard InChI is InChI=1S/C11H14BrNO2/c1-8(12)11(14)13(2)9-6-4-5-7-10(9)15-3/h4-8H,1-3H3. The van der Waals surface area contributed by atoms with Gasteiger partial charge in [-0.3, -0.25) is 4.79 Å². The first-order chi connectivity index (χ1) is 7.07. The molecule has 0 saturated heterocycles. The van der Waals surface area contributed by atoms with Crippen molar-refractivity contribution in [3.05, 3.63) is 24.3 Å². The first-order valence-electron chi connectivity index (χ1n) is 4.62. The Bertz CT molecular complexity index is 352. The summed E-state index contributed by atoms with van der Waals surface area (Å²) in [4.78, 5) is 13.1. The maximum atomic E-state index is 11.7. The van der Waals surface area contributed by atoms with Crippen molar-refractivity contribution in [2.75, 3.05) is 19.1 Å². The Morgan fingerprint density at radius 1 is 1.47 bits per heavy atom. The quantitative estimate of drug-likeness (QED) is 0.791. The van der Waals surface area contributed by atoms with E-state index in [4.69, 9.17) is 4.74 Å². The van der Waals surface area contributed by atoms with Crippen molar-refractivity contribution in [3.63, 3.8) is 0 Å². The van der Waals surface area contributed by atoms with Gasteiger partial charge in [-0.25, -0.2) is 0 Å². The van der Waals surface area contributed by atoms with Crippen LogP contribution in [0.1, 0.15) is 6.92 Å². The number of hydrogen-bond donors (Lipinski definition) is 0. The number of benzene rings is 1. The first kappa shape index (κ1) is 12.0. The molecule has 1 rings (SSSR count). The van der Waals surface area contributed by atoms with E-state index in [1.165, 1.54) is 0 Å². The topological polar surface area (TPSA) is 29.5 Å². The lowest BCUT2D eigenvalue weighted by Crippen LogP contribution is -2.32. The molecule has 0 radical (unpaired) electrons. The van der Waals surface area contributed by atoms with Gasteiger partial charge >= 0.3 is 0 Å². The zero-order valence-corrected chi connectivity index (χ0v) is 10.6. The number of amides is 1. The summed E-state index contributed by atoms with van der Waals surface area (Å²) < 4.78 is 5.19. The molecular weight excluding hydrogens is 258 g/mol. The Balaban J connectivity index is 3.00. The number of halogens is 1. The largest absolute Gasteiger partial charge is 0.495 e. The van der Waals surface area contributed by atoms with E-state index in [-0.39, 0.29) is 10.7 Å². The molecule has 0 aliphatic heterocycles. The van der Waals surface area contributed by atoms with Gasteiger partial charge in [-0.1, -0.05) is 28.1 Å². The van der Waals surface area contributed by atoms with E-state index >= 15 is 0 Å². The molecule has 15 heavy (non-hydrogen) atoms. The van der Waals surface area contributed by atoms with Gasteiger partial charge in [0, 0.05) is 7.05 Å². The van der Waals surface area contributed by atoms with Crippen molar-refractivity contribution < 1.29 is 9.53 Å². The second-order valence-corrected chi connectivity index (χ2v) is 4.56. The van der Waals surface area contributed by atoms with Gasteiger partial charge in [-0.2, -0.15) is 0 Å². The molecular formula is C11H14BrNO2. The third-order valence-electron chi connectivity index (χ3n) is 2.12. The summed E-state index contributed by atoms with van der Waals surface area (Å²) in [7, 11) is 3.33. The maximum Gasteiger partial charge on any atom is 0.240 e. The van der Waals surface area contributed by atoms with Crippen molar-refractivity contribution in [1.29, 1.82) is 0 Å². The number of methoxy groups -OCH3 is 1. The maximum absolute atomic E-state index is 11.7. The van der Waals surface area contributed by atoms with Crippen LogP contribution in [0, 0.1) is 0 Å². The van der Waals surface area contributed by atoms with E-state index in [9.17, 15) is 4.79 Å². The van der Waals surface area contributed by atoms with Crippen LogP contribution in [-0.4, -0.2) is 24.9 Å². The van der Waals surface area contributed by atoms with Crippen molar-refractivity contribution in [2.24, 2.45) is 0 Å². The van der Waals surface area contributed by atoms with Crippen molar-refractivity contribution >= 4 is 27.5 Å². The molecule has 0 saturated carbocycles. The van der Waals surface area contributed by atoms with Gasteiger partial charge in [0.25, 0.3) is 0 Å². The second-order valence-electron chi connectivity index (χ2n) is 3.19. The number of para-hydroxylation sites is 2. The van der Waals surface area contributed by atoms with E-state index < -0.39 is 0 Å². The van der Waals surface area contributed by atoms with Gasteiger partial charge in [-0.15, -0.1) is 0 Å². The van der Waals surface area contributed by atoms with Crippen LogP contribution in [0.4, 0.5) is 5.69 Å². The molecule has 82 valence electrons. The Morgan fingerprint density at radius 2 is 2.07 bits per heavy atom. The molecule has 1 atom stereocenters. The lowest BCUT2D eigenvalue weighted by molar-refractivity contribution is -0.117. The van der Waals surface area contributed by atoms with Gasteiger partial charge in [-0.05, 0) is 19.1 Å². The molecule has 0 aliphatic rings. The molecule has 3 nitrogen and oxygen atoms in total. The molecule has 1 amide bonds. The van der Waals surface area contributed by atoms with E-state index in [1.54, 1.807) is 26.0 Å². The molecule has 1 aromatic carbocycles. The number of alkyl halides is 1. The molecule has 0 bridgehead atoms. The third kappa shape index (κ3) is 2.72. The van der Waals surface area contributed by atoms with Crippen molar-refractivity contribution in [3.8, 4) is 5.75 Å². The van der Waals surface area contributed by atoms with Crippen LogP contribution < -0.4 is 9.64 Å². The smallest absolute Gasteiger partial charge is 0.240 e. The molecule has 0 N–H and O–H groups in total. The monoisotopic (exact) mass is 271 g/mol. The molecule has 0 fully saturated rings. The van der Waals surface area contributed by atoms with Crippen LogP contribution in [-0.2, 0) is 4.79 Å². The van der Waals surface area contributed by atoms with Crippen LogP contribution in [0.25, 0.3) is 0 Å². The number of ether oxygens (including phenoxy) is 1. The fourth-order valence-electron chi connectivity index (χ4n) is 1.29. The molecule has 0 heterocycles. The molecule has 0 spiro atoms. The second kappa shape index (κ2) is 5.16. The van der Waals surface area contributed by atoms with Gasteiger partial charge in [0.15, 0.2) is 0 Å². The highest BCUT2D eigenvalue weighted by Gasteiger charge is 2.18. The van der Waals surface area contributed by atoms with E-state index in [1.807, 2.05) is 24.3 Å². The zero-order valence-electron chi connectivity index (χ0n) is 9.03. The van der Waals surface area contributed by atoms with E-state index in [0.717, 1.165) is 5.69 Å². The third-order valence-corrected chi connectivity index (χ3v) is 2.51. The minimum atomic E-state index is -0.201. The summed E-state index contributed by atoms with van der Waals surface area (Å²) in [5.41, 5.74) is 0.774. The average molecular weight is 272 g/mol. The van der Waals surface area contributed by atoms with Crippen molar-refractivity contribution in [1.82, 2.24) is 0 Å². The first-order valence-corrected chi connectivity index (χ1v) is 5.54. The molecule has 4 heteroatoms. The summed E-state index contributed by atoms with van der Waals surface area (Å²) in [5, 5.41) is 0. The van der Waals surface area contributed by atoms with Gasteiger partial charge < -0.3 is 9.64 Å². The predicted molar refractivity (Wildman–Crippen MR) is 64.8 cm³/mol. The average Bonchev–Trinajstić information content (AvgIpc) is 2.26. The van der Waals surface area contributed by atoms with Gasteiger partial charge in [0.2, 0.25) is 5.91 Å². The Labute approximate surface area is 98.2 Å². The Hall–Kier alpha value is -1.03. The summed E-state index contributed by atoms with van der Waals surface area (Å²) in [6, 6.07) is 7.43. The molecule has 1 aromatic rings. The highest BCUT2D eigenvalue weighted by atomic mass is 79.9. The number of rotatable bonds is 3. The van der Waals surface area contributed by atoms with Crippen LogP contribution in [0.5, 0.6) is 5.75 Å². The highest BCUT2D eigenvalue weighted by molar-refractivity contribution is 9.10. The minimum Gasteiger partial charge on any atom is -0.495 e. The number of carbonyl (C=O) groups is 1. The lowest BCUT2D eigenvalue weighted by Gasteiger charge is -2.20. The fraction of sp³-hybridized carbons (Fsp3) is 0.364. The fourth-order valence-corrected chi connectivity index (χ4v) is 1.60. The molecule has 1 unspecified atom stereocenters. The minimum absolute atomic E-state index is 0.000463. The summed E-state index contributed by atoms with van der Waals surface area (Å²) in [6.45, 7) is 1.80. The van der Waals surface area contributed by atoms with Crippen LogP contribution in [0.2, 0.25) is 0 Å².